The van der Waals surface area contributed by atoms with E-state index in [-0.39, 0.29) is 5.91 Å². The average molecular weight is 364 g/mol. The van der Waals surface area contributed by atoms with Gasteiger partial charge in [0.15, 0.2) is 0 Å². The van der Waals surface area contributed by atoms with Crippen LogP contribution in [0, 0.1) is 12.3 Å². The van der Waals surface area contributed by atoms with Crippen LogP contribution in [0.5, 0.6) is 0 Å². The fourth-order valence-corrected chi connectivity index (χ4v) is 2.99. The number of amides is 2. The van der Waals surface area contributed by atoms with Crippen LogP contribution in [-0.4, -0.2) is 41.6 Å². The number of rotatable bonds is 10. The Kier molecular flexibility index (Phi) is 8.75. The number of carbonyl (C=O) groups excluding carboxylic acids is 2. The first-order chi connectivity index (χ1) is 12.2. The van der Waals surface area contributed by atoms with Crippen molar-refractivity contribution >= 4 is 11.8 Å². The van der Waals surface area contributed by atoms with Crippen molar-refractivity contribution in [3.63, 3.8) is 0 Å². The molecule has 0 radical (unpaired) electrons. The second-order valence-electron chi connectivity index (χ2n) is 7.56. The van der Waals surface area contributed by atoms with E-state index in [0.717, 1.165) is 19.3 Å². The van der Waals surface area contributed by atoms with Crippen LogP contribution in [0.1, 0.15) is 50.7 Å². The molecule has 0 saturated carbocycles. The van der Waals surface area contributed by atoms with Crippen molar-refractivity contribution in [3.8, 4) is 0 Å². The number of nitrogens with two attached hydrogens (primary N) is 1. The molecule has 1 aromatic rings. The van der Waals surface area contributed by atoms with Crippen LogP contribution in [0.15, 0.2) is 24.3 Å². The molecular weight excluding hydrogens is 330 g/mol. The van der Waals surface area contributed by atoms with Crippen molar-refractivity contribution in [2.75, 3.05) is 13.6 Å². The third kappa shape index (κ3) is 6.42. The molecule has 2 amide bonds. The number of unbranched alkanes of at least 4 members (excludes halogenated alkanes) is 1. The Morgan fingerprint density at radius 2 is 1.85 bits per heavy atom. The summed E-state index contributed by atoms with van der Waals surface area (Å²) in [4.78, 5) is 26.4. The van der Waals surface area contributed by atoms with Crippen LogP contribution in [0.4, 0.5) is 0 Å². The monoisotopic (exact) mass is 363 g/mol. The van der Waals surface area contributed by atoms with Crippen LogP contribution in [0.25, 0.3) is 0 Å². The molecule has 0 spiro atoms. The zero-order valence-electron chi connectivity index (χ0n) is 16.4. The third-order valence-electron chi connectivity index (χ3n) is 4.87. The summed E-state index contributed by atoms with van der Waals surface area (Å²) >= 11 is 0. The Morgan fingerprint density at radius 3 is 2.38 bits per heavy atom. The van der Waals surface area contributed by atoms with E-state index in [2.05, 4.69) is 24.3 Å². The lowest BCUT2D eigenvalue weighted by atomic mass is 9.84. The van der Waals surface area contributed by atoms with Crippen molar-refractivity contribution in [2.24, 2.45) is 11.1 Å². The highest BCUT2D eigenvalue weighted by molar-refractivity contribution is 5.89. The highest BCUT2D eigenvalue weighted by Crippen LogP contribution is 2.27. The lowest BCUT2D eigenvalue weighted by Crippen LogP contribution is -2.50. The Bertz CT molecular complexity index is 584. The minimum Gasteiger partial charge on any atom is -0.333 e. The van der Waals surface area contributed by atoms with Gasteiger partial charge in [0.1, 0.15) is 6.04 Å². The van der Waals surface area contributed by atoms with Gasteiger partial charge in [-0.25, -0.2) is 5.48 Å². The third-order valence-corrected chi connectivity index (χ3v) is 4.87. The maximum Gasteiger partial charge on any atom is 0.266 e. The van der Waals surface area contributed by atoms with E-state index in [1.807, 2.05) is 20.8 Å². The van der Waals surface area contributed by atoms with Gasteiger partial charge in [-0.1, -0.05) is 43.7 Å². The van der Waals surface area contributed by atoms with Crippen molar-refractivity contribution < 1.29 is 14.8 Å². The second-order valence-corrected chi connectivity index (χ2v) is 7.56. The minimum absolute atomic E-state index is 0.106. The van der Waals surface area contributed by atoms with E-state index in [4.69, 9.17) is 10.9 Å². The SMILES string of the molecule is Cc1ccc(CCC(C)(C)C(=O)N(C)C(CCCCN)C(=O)NO)cc1. The van der Waals surface area contributed by atoms with Gasteiger partial charge in [0.05, 0.1) is 0 Å². The molecule has 146 valence electrons. The predicted molar refractivity (Wildman–Crippen MR) is 103 cm³/mol. The average Bonchev–Trinajstić information content (AvgIpc) is 2.63. The van der Waals surface area contributed by atoms with Gasteiger partial charge in [0.2, 0.25) is 5.91 Å². The van der Waals surface area contributed by atoms with E-state index in [0.29, 0.717) is 19.4 Å². The molecule has 0 saturated heterocycles. The number of aryl methyl sites for hydroxylation is 2. The summed E-state index contributed by atoms with van der Waals surface area (Å²) in [6.45, 7) is 6.37. The highest BCUT2D eigenvalue weighted by atomic mass is 16.5. The smallest absolute Gasteiger partial charge is 0.266 e. The predicted octanol–water partition coefficient (Wildman–Crippen LogP) is 2.42. The van der Waals surface area contributed by atoms with Gasteiger partial charge in [-0.3, -0.25) is 14.8 Å². The van der Waals surface area contributed by atoms with Crippen molar-refractivity contribution in [3.05, 3.63) is 35.4 Å². The molecule has 1 unspecified atom stereocenters. The molecule has 0 aliphatic rings. The van der Waals surface area contributed by atoms with Crippen LogP contribution in [0.2, 0.25) is 0 Å². The largest absolute Gasteiger partial charge is 0.333 e. The van der Waals surface area contributed by atoms with Gasteiger partial charge in [-0.15, -0.1) is 0 Å². The van der Waals surface area contributed by atoms with Gasteiger partial charge in [-0.05, 0) is 51.1 Å². The Labute approximate surface area is 156 Å². The normalized spacial score (nSPS) is 12.5. The number of nitrogens with zero attached hydrogens (tertiary/aromatic N) is 1. The van der Waals surface area contributed by atoms with Crippen molar-refractivity contribution in [1.82, 2.24) is 10.4 Å². The molecule has 0 fully saturated rings. The summed E-state index contributed by atoms with van der Waals surface area (Å²) in [7, 11) is 1.62. The molecule has 1 rings (SSSR count). The number of hydrogen-bond donors (Lipinski definition) is 3. The van der Waals surface area contributed by atoms with Gasteiger partial charge in [0.25, 0.3) is 5.91 Å². The van der Waals surface area contributed by atoms with Crippen molar-refractivity contribution in [1.29, 1.82) is 0 Å². The van der Waals surface area contributed by atoms with Crippen LogP contribution >= 0.6 is 0 Å². The Balaban J connectivity index is 2.76. The lowest BCUT2D eigenvalue weighted by molar-refractivity contribution is -0.149. The van der Waals surface area contributed by atoms with Gasteiger partial charge in [0, 0.05) is 12.5 Å². The Morgan fingerprint density at radius 1 is 1.23 bits per heavy atom. The number of likely N-dealkylation sites (N-methyl/N-ethyl adjacent to an activating group) is 1. The Hall–Kier alpha value is -1.92. The molecule has 0 aromatic heterocycles. The molecule has 0 heterocycles. The maximum absolute atomic E-state index is 13.0. The van der Waals surface area contributed by atoms with Crippen LogP contribution in [-0.2, 0) is 16.0 Å². The summed E-state index contributed by atoms with van der Waals surface area (Å²) in [6, 6.07) is 7.59. The number of benzene rings is 1. The fraction of sp³-hybridized carbons (Fsp3) is 0.600. The molecule has 6 nitrogen and oxygen atoms in total. The molecule has 0 aliphatic carbocycles. The summed E-state index contributed by atoms with van der Waals surface area (Å²) in [5, 5.41) is 9.01. The van der Waals surface area contributed by atoms with E-state index >= 15 is 0 Å². The second kappa shape index (κ2) is 10.3. The zero-order valence-corrected chi connectivity index (χ0v) is 16.4. The quantitative estimate of drug-likeness (QED) is 0.338. The molecule has 6 heteroatoms. The summed E-state index contributed by atoms with van der Waals surface area (Å²) in [6.07, 6.45) is 3.43. The lowest BCUT2D eigenvalue weighted by Gasteiger charge is -2.34. The topological polar surface area (TPSA) is 95.7 Å². The summed E-state index contributed by atoms with van der Waals surface area (Å²) < 4.78 is 0. The van der Waals surface area contributed by atoms with Gasteiger partial charge >= 0.3 is 0 Å². The summed E-state index contributed by atoms with van der Waals surface area (Å²) in [5.41, 5.74) is 8.97. The number of carbonyl (C=O) groups is 2. The van der Waals surface area contributed by atoms with Gasteiger partial charge in [-0.2, -0.15) is 0 Å². The molecule has 1 aromatic carbocycles. The van der Waals surface area contributed by atoms with Crippen LogP contribution in [0.3, 0.4) is 0 Å². The number of nitrogens with one attached hydrogen (secondary N) is 1. The summed E-state index contributed by atoms with van der Waals surface area (Å²) in [5.74, 6) is -0.668. The fourth-order valence-electron chi connectivity index (χ4n) is 2.99. The molecule has 0 bridgehead atoms. The first-order valence-electron chi connectivity index (χ1n) is 9.19. The maximum atomic E-state index is 13.0. The van der Waals surface area contributed by atoms with E-state index < -0.39 is 17.4 Å². The van der Waals surface area contributed by atoms with E-state index in [1.165, 1.54) is 16.0 Å². The van der Waals surface area contributed by atoms with Gasteiger partial charge < -0.3 is 10.6 Å². The van der Waals surface area contributed by atoms with E-state index in [1.54, 1.807) is 12.5 Å². The zero-order chi connectivity index (χ0) is 19.7. The first kappa shape index (κ1) is 22.1. The molecule has 1 atom stereocenters. The minimum atomic E-state index is -0.697. The first-order valence-corrected chi connectivity index (χ1v) is 9.19. The standard InChI is InChI=1S/C20H33N3O3/c1-15-8-10-16(11-9-15)12-13-20(2,3)19(25)23(4)17(18(24)22-26)7-5-6-14-21/h8-11,17,26H,5-7,12-14,21H2,1-4H3,(H,22,24). The molecular formula is C20H33N3O3. The molecule has 0 aliphatic heterocycles. The number of hydroxylamine groups is 1. The van der Waals surface area contributed by atoms with Crippen molar-refractivity contribution in [2.45, 2.75) is 58.9 Å². The molecule has 26 heavy (non-hydrogen) atoms. The highest BCUT2D eigenvalue weighted by Gasteiger charge is 2.35. The molecule has 4 N–H and O–H groups in total. The van der Waals surface area contributed by atoms with Crippen LogP contribution < -0.4 is 11.2 Å². The van der Waals surface area contributed by atoms with E-state index in [9.17, 15) is 9.59 Å². The number of hydrogen-bond acceptors (Lipinski definition) is 4.